The fourth-order valence-corrected chi connectivity index (χ4v) is 3.36. The van der Waals surface area contributed by atoms with Crippen molar-refractivity contribution in [1.82, 2.24) is 9.78 Å². The summed E-state index contributed by atoms with van der Waals surface area (Å²) in [7, 11) is 0. The Morgan fingerprint density at radius 3 is 2.10 bits per heavy atom. The Hall–Kier alpha value is -3.51. The van der Waals surface area contributed by atoms with Crippen LogP contribution in [0.15, 0.2) is 85.2 Å². The molecule has 0 fully saturated rings. The highest BCUT2D eigenvalue weighted by Crippen LogP contribution is 2.23. The smallest absolute Gasteiger partial charge is 0.123 e. The zero-order valence-corrected chi connectivity index (χ0v) is 16.2. The molecule has 3 aromatic carbocycles. The lowest BCUT2D eigenvalue weighted by Gasteiger charge is -2.25. The van der Waals surface area contributed by atoms with E-state index in [9.17, 15) is 13.9 Å². The van der Waals surface area contributed by atoms with Crippen LogP contribution in [-0.4, -0.2) is 14.9 Å². The van der Waals surface area contributed by atoms with Crippen LogP contribution >= 0.6 is 0 Å². The summed E-state index contributed by atoms with van der Waals surface area (Å²) in [5.41, 5.74) is 4.42. The summed E-state index contributed by atoms with van der Waals surface area (Å²) in [5, 5.41) is 14.1. The number of hydrogen-bond acceptors (Lipinski definition) is 3. The summed E-state index contributed by atoms with van der Waals surface area (Å²) in [4.78, 5) is 2.10. The van der Waals surface area contributed by atoms with Gasteiger partial charge in [0, 0.05) is 30.5 Å². The lowest BCUT2D eigenvalue weighted by atomic mass is 10.1. The highest BCUT2D eigenvalue weighted by Gasteiger charge is 2.13. The summed E-state index contributed by atoms with van der Waals surface area (Å²) >= 11 is 0. The molecule has 1 aromatic heterocycles. The molecular formula is C24H21F2N3O. The van der Waals surface area contributed by atoms with Crippen molar-refractivity contribution < 1.29 is 13.9 Å². The molecule has 152 valence electrons. The second kappa shape index (κ2) is 8.88. The SMILES string of the molecule is OCc1ccccc1CN(Cc1cnn(-c2ccc(F)cc2)c1)c1ccc(F)cc1. The van der Waals surface area contributed by atoms with Crippen LogP contribution in [0.1, 0.15) is 16.7 Å². The van der Waals surface area contributed by atoms with Crippen LogP contribution in [0, 0.1) is 11.6 Å². The standard InChI is InChI=1S/C24H21F2N3O/c25-21-5-9-23(10-6-21)28(16-19-3-1-2-4-20(19)17-30)14-18-13-27-29(15-18)24-11-7-22(26)8-12-24/h1-13,15,30H,14,16-17H2. The first kappa shape index (κ1) is 19.8. The number of aliphatic hydroxyl groups is 1. The molecule has 4 nitrogen and oxygen atoms in total. The Morgan fingerprint density at radius 1 is 0.800 bits per heavy atom. The van der Waals surface area contributed by atoms with Gasteiger partial charge in [-0.3, -0.25) is 0 Å². The van der Waals surface area contributed by atoms with Gasteiger partial charge in [0.15, 0.2) is 0 Å². The van der Waals surface area contributed by atoms with E-state index in [4.69, 9.17) is 0 Å². The molecule has 0 bridgehead atoms. The van der Waals surface area contributed by atoms with Gasteiger partial charge < -0.3 is 10.0 Å². The Balaban J connectivity index is 1.61. The molecule has 0 aliphatic heterocycles. The van der Waals surface area contributed by atoms with Gasteiger partial charge in [0.2, 0.25) is 0 Å². The minimum Gasteiger partial charge on any atom is -0.392 e. The van der Waals surface area contributed by atoms with E-state index in [1.807, 2.05) is 30.5 Å². The molecule has 0 radical (unpaired) electrons. The Kier molecular flexibility index (Phi) is 5.86. The molecule has 4 aromatic rings. The zero-order chi connectivity index (χ0) is 20.9. The number of aromatic nitrogens is 2. The largest absolute Gasteiger partial charge is 0.392 e. The van der Waals surface area contributed by atoms with Gasteiger partial charge in [0.05, 0.1) is 18.5 Å². The van der Waals surface area contributed by atoms with Crippen LogP contribution in [-0.2, 0) is 19.7 Å². The fourth-order valence-electron chi connectivity index (χ4n) is 3.36. The summed E-state index contributed by atoms with van der Waals surface area (Å²) in [6, 6.07) is 20.2. The molecule has 0 amide bonds. The number of halogens is 2. The van der Waals surface area contributed by atoms with Crippen molar-refractivity contribution >= 4 is 5.69 Å². The molecule has 0 saturated carbocycles. The minimum atomic E-state index is -0.295. The number of aliphatic hydroxyl groups excluding tert-OH is 1. The topological polar surface area (TPSA) is 41.3 Å². The number of nitrogens with zero attached hydrogens (tertiary/aromatic N) is 3. The number of rotatable bonds is 7. The van der Waals surface area contributed by atoms with Crippen LogP contribution in [0.25, 0.3) is 5.69 Å². The van der Waals surface area contributed by atoms with E-state index in [2.05, 4.69) is 10.00 Å². The summed E-state index contributed by atoms with van der Waals surface area (Å²) in [6.45, 7) is 1.03. The minimum absolute atomic E-state index is 0.0457. The highest BCUT2D eigenvalue weighted by atomic mass is 19.1. The van der Waals surface area contributed by atoms with E-state index in [0.717, 1.165) is 28.1 Å². The maximum absolute atomic E-state index is 13.5. The average Bonchev–Trinajstić information content (AvgIpc) is 3.23. The first-order valence-electron chi connectivity index (χ1n) is 9.60. The third kappa shape index (κ3) is 4.55. The van der Waals surface area contributed by atoms with Crippen molar-refractivity contribution in [1.29, 1.82) is 0 Å². The quantitative estimate of drug-likeness (QED) is 0.478. The highest BCUT2D eigenvalue weighted by molar-refractivity contribution is 5.48. The van der Waals surface area contributed by atoms with Crippen molar-refractivity contribution in [2.45, 2.75) is 19.7 Å². The van der Waals surface area contributed by atoms with Gasteiger partial charge in [-0.05, 0) is 59.7 Å². The predicted molar refractivity (Wildman–Crippen MR) is 112 cm³/mol. The summed E-state index contributed by atoms with van der Waals surface area (Å²) in [6.07, 6.45) is 3.65. The fraction of sp³-hybridized carbons (Fsp3) is 0.125. The van der Waals surface area contributed by atoms with Crippen molar-refractivity contribution in [2.24, 2.45) is 0 Å². The normalized spacial score (nSPS) is 10.9. The lowest BCUT2D eigenvalue weighted by molar-refractivity contribution is 0.280. The molecule has 4 rings (SSSR count). The lowest BCUT2D eigenvalue weighted by Crippen LogP contribution is -2.22. The third-order valence-corrected chi connectivity index (χ3v) is 4.94. The van der Waals surface area contributed by atoms with E-state index in [1.165, 1.54) is 24.3 Å². The number of benzene rings is 3. The van der Waals surface area contributed by atoms with E-state index < -0.39 is 0 Å². The zero-order valence-electron chi connectivity index (χ0n) is 16.2. The van der Waals surface area contributed by atoms with Crippen LogP contribution in [0.4, 0.5) is 14.5 Å². The third-order valence-electron chi connectivity index (χ3n) is 4.94. The van der Waals surface area contributed by atoms with Crippen molar-refractivity contribution in [2.75, 3.05) is 4.90 Å². The van der Waals surface area contributed by atoms with Gasteiger partial charge in [0.1, 0.15) is 11.6 Å². The second-order valence-electron chi connectivity index (χ2n) is 7.03. The molecule has 0 aliphatic carbocycles. The van der Waals surface area contributed by atoms with E-state index in [-0.39, 0.29) is 18.2 Å². The van der Waals surface area contributed by atoms with Gasteiger partial charge in [-0.15, -0.1) is 0 Å². The molecule has 0 atom stereocenters. The first-order chi connectivity index (χ1) is 14.6. The Bertz CT molecular complexity index is 1110. The molecule has 0 aliphatic rings. The van der Waals surface area contributed by atoms with Crippen LogP contribution in [0.2, 0.25) is 0 Å². The second-order valence-corrected chi connectivity index (χ2v) is 7.03. The molecule has 6 heteroatoms. The Morgan fingerprint density at radius 2 is 1.43 bits per heavy atom. The molecule has 30 heavy (non-hydrogen) atoms. The predicted octanol–water partition coefficient (Wildman–Crippen LogP) is 4.85. The van der Waals surface area contributed by atoms with E-state index in [0.29, 0.717) is 13.1 Å². The number of anilines is 1. The van der Waals surface area contributed by atoms with Crippen LogP contribution in [0.3, 0.4) is 0 Å². The summed E-state index contributed by atoms with van der Waals surface area (Å²) in [5.74, 6) is -0.588. The van der Waals surface area contributed by atoms with Gasteiger partial charge in [0.25, 0.3) is 0 Å². The van der Waals surface area contributed by atoms with Crippen molar-refractivity contribution in [3.63, 3.8) is 0 Å². The maximum atomic E-state index is 13.5. The summed E-state index contributed by atoms with van der Waals surface area (Å²) < 4.78 is 28.3. The van der Waals surface area contributed by atoms with E-state index >= 15 is 0 Å². The molecular weight excluding hydrogens is 384 g/mol. The average molecular weight is 405 g/mol. The van der Waals surface area contributed by atoms with E-state index in [1.54, 1.807) is 35.1 Å². The molecule has 1 N–H and O–H groups in total. The van der Waals surface area contributed by atoms with Crippen molar-refractivity contribution in [3.05, 3.63) is 114 Å². The van der Waals surface area contributed by atoms with Gasteiger partial charge in [-0.25, -0.2) is 13.5 Å². The van der Waals surface area contributed by atoms with Crippen LogP contribution in [0.5, 0.6) is 0 Å². The maximum Gasteiger partial charge on any atom is 0.123 e. The molecule has 0 saturated heterocycles. The molecule has 0 unspecified atom stereocenters. The van der Waals surface area contributed by atoms with Gasteiger partial charge >= 0.3 is 0 Å². The van der Waals surface area contributed by atoms with Gasteiger partial charge in [-0.1, -0.05) is 24.3 Å². The number of hydrogen-bond donors (Lipinski definition) is 1. The Labute approximate surface area is 173 Å². The first-order valence-corrected chi connectivity index (χ1v) is 9.60. The van der Waals surface area contributed by atoms with Crippen molar-refractivity contribution in [3.8, 4) is 5.69 Å². The van der Waals surface area contributed by atoms with Crippen LogP contribution < -0.4 is 4.90 Å². The van der Waals surface area contributed by atoms with Gasteiger partial charge in [-0.2, -0.15) is 5.10 Å². The monoisotopic (exact) mass is 405 g/mol. The molecule has 1 heterocycles. The molecule has 0 spiro atoms.